The zero-order valence-corrected chi connectivity index (χ0v) is 21.4. The quantitative estimate of drug-likeness (QED) is 0.267. The molecule has 0 aliphatic carbocycles. The van der Waals surface area contributed by atoms with Gasteiger partial charge < -0.3 is 9.47 Å². The van der Waals surface area contributed by atoms with E-state index < -0.39 is 20.2 Å². The third kappa shape index (κ3) is 6.64. The topological polar surface area (TPSA) is 177 Å². The number of oxime groups is 2. The molecule has 14 heteroatoms. The van der Waals surface area contributed by atoms with Crippen molar-refractivity contribution < 1.29 is 34.9 Å². The fourth-order valence-corrected chi connectivity index (χ4v) is 4.26. The summed E-state index contributed by atoms with van der Waals surface area (Å²) in [6.07, 6.45) is 0. The van der Waals surface area contributed by atoms with Crippen molar-refractivity contribution in [2.24, 2.45) is 10.3 Å². The molecule has 0 unspecified atom stereocenters. The highest BCUT2D eigenvalue weighted by molar-refractivity contribution is 7.87. The molecule has 0 amide bonds. The molecule has 0 heterocycles. The summed E-state index contributed by atoms with van der Waals surface area (Å²) in [5.41, 5.74) is -0.430. The third-order valence-corrected chi connectivity index (χ3v) is 7.03. The maximum Gasteiger partial charge on any atom is 0.358 e. The number of nitriles is 2. The first-order chi connectivity index (χ1) is 18.1. The molecule has 0 aliphatic rings. The predicted octanol–water partition coefficient (Wildman–Crippen LogP) is 2.97. The Bertz CT molecular complexity index is 1530. The van der Waals surface area contributed by atoms with Crippen molar-refractivity contribution in [2.75, 3.05) is 14.2 Å². The molecule has 0 saturated heterocycles. The normalized spacial score (nSPS) is 12.1. The van der Waals surface area contributed by atoms with E-state index in [0.717, 1.165) is 0 Å². The van der Waals surface area contributed by atoms with Crippen molar-refractivity contribution in [1.82, 2.24) is 0 Å². The fourth-order valence-electron chi connectivity index (χ4n) is 2.80. The minimum absolute atomic E-state index is 0.158. The lowest BCUT2D eigenvalue weighted by Crippen LogP contribution is -2.07. The first kappa shape index (κ1) is 27.7. The van der Waals surface area contributed by atoms with Crippen molar-refractivity contribution in [2.45, 2.75) is 9.79 Å². The van der Waals surface area contributed by atoms with E-state index in [1.807, 2.05) is 0 Å². The minimum atomic E-state index is -4.31. The molecule has 194 valence electrons. The molecule has 0 N–H and O–H groups in total. The van der Waals surface area contributed by atoms with Crippen LogP contribution in [0.5, 0.6) is 11.5 Å². The van der Waals surface area contributed by atoms with E-state index in [4.69, 9.17) is 9.47 Å². The predicted molar refractivity (Wildman–Crippen MR) is 133 cm³/mol. The molecule has 0 spiro atoms. The monoisotopic (exact) mass is 554 g/mol. The molecule has 12 nitrogen and oxygen atoms in total. The van der Waals surface area contributed by atoms with Crippen LogP contribution in [0.3, 0.4) is 0 Å². The zero-order valence-electron chi connectivity index (χ0n) is 19.8. The Hall–Kier alpha value is -4.92. The summed E-state index contributed by atoms with van der Waals surface area (Å²) in [4.78, 5) is -0.400. The second-order valence-corrected chi connectivity index (χ2v) is 10.1. The Balaban J connectivity index is 1.77. The van der Waals surface area contributed by atoms with E-state index in [1.54, 1.807) is 12.1 Å². The van der Waals surface area contributed by atoms with Crippen molar-refractivity contribution >= 4 is 31.7 Å². The van der Waals surface area contributed by atoms with Crippen LogP contribution in [0, 0.1) is 22.7 Å². The summed E-state index contributed by atoms with van der Waals surface area (Å²) < 4.78 is 68.7. The molecule has 0 aromatic heterocycles. The minimum Gasteiger partial charge on any atom is -0.497 e. The summed E-state index contributed by atoms with van der Waals surface area (Å²) in [7, 11) is -5.76. The number of hydrogen-bond donors (Lipinski definition) is 0. The lowest BCUT2D eigenvalue weighted by Gasteiger charge is -2.05. The van der Waals surface area contributed by atoms with Crippen LogP contribution < -0.4 is 9.47 Å². The van der Waals surface area contributed by atoms with E-state index in [0.29, 0.717) is 11.5 Å². The smallest absolute Gasteiger partial charge is 0.358 e. The number of hydrogen-bond acceptors (Lipinski definition) is 12. The van der Waals surface area contributed by atoms with Gasteiger partial charge in [-0.1, -0.05) is 34.6 Å². The molecule has 3 aromatic rings. The van der Waals surface area contributed by atoms with E-state index >= 15 is 0 Å². The SMILES string of the molecule is COc1ccc(S(=O)(=O)ON=C(C#N)c2ccc(C(C#N)=NOS(=O)(=O)c3ccc(OC)cc3)cc2)cc1. The van der Waals surface area contributed by atoms with Gasteiger partial charge in [0.25, 0.3) is 0 Å². The van der Waals surface area contributed by atoms with Crippen molar-refractivity contribution in [3.05, 3.63) is 83.9 Å². The van der Waals surface area contributed by atoms with E-state index in [9.17, 15) is 27.4 Å². The van der Waals surface area contributed by atoms with Gasteiger partial charge in [-0.25, -0.2) is 0 Å². The number of methoxy groups -OCH3 is 2. The Morgan fingerprint density at radius 2 is 0.921 bits per heavy atom. The van der Waals surface area contributed by atoms with Gasteiger partial charge in [0.1, 0.15) is 33.4 Å². The van der Waals surface area contributed by atoms with Crippen LogP contribution in [0.25, 0.3) is 0 Å². The highest BCUT2D eigenvalue weighted by atomic mass is 32.2. The average molecular weight is 555 g/mol. The van der Waals surface area contributed by atoms with Gasteiger partial charge in [0.2, 0.25) is 0 Å². The summed E-state index contributed by atoms with van der Waals surface area (Å²) in [5, 5.41) is 25.7. The van der Waals surface area contributed by atoms with Crippen LogP contribution in [0.4, 0.5) is 0 Å². The standard InChI is InChI=1S/C24H18N4O8S2/c1-33-19-7-11-21(12-8-19)37(29,30)35-27-23(15-25)17-3-5-18(6-4-17)24(16-26)28-36-38(31,32)22-13-9-20(34-2)10-14-22/h3-14H,1-2H3. The molecule has 0 atom stereocenters. The van der Waals surface area contributed by atoms with Crippen molar-refractivity contribution in [1.29, 1.82) is 10.5 Å². The summed E-state index contributed by atoms with van der Waals surface area (Å²) in [6, 6.07) is 19.5. The lowest BCUT2D eigenvalue weighted by molar-refractivity contribution is 0.338. The Labute approximate surface area is 218 Å². The van der Waals surface area contributed by atoms with Crippen molar-refractivity contribution in [3.8, 4) is 23.6 Å². The van der Waals surface area contributed by atoms with E-state index in [-0.39, 0.29) is 32.3 Å². The second-order valence-electron chi connectivity index (χ2n) is 7.09. The number of rotatable bonds is 10. The van der Waals surface area contributed by atoms with Gasteiger partial charge in [-0.3, -0.25) is 8.57 Å². The van der Waals surface area contributed by atoms with Crippen molar-refractivity contribution in [3.63, 3.8) is 0 Å². The molecule has 3 rings (SSSR count). The van der Waals surface area contributed by atoms with Gasteiger partial charge in [0, 0.05) is 11.1 Å². The average Bonchev–Trinajstić information content (AvgIpc) is 2.94. The van der Waals surface area contributed by atoms with Crippen LogP contribution in [-0.2, 0) is 28.8 Å². The largest absolute Gasteiger partial charge is 0.497 e. The highest BCUT2D eigenvalue weighted by Gasteiger charge is 2.18. The molecule has 3 aromatic carbocycles. The number of benzene rings is 3. The van der Waals surface area contributed by atoms with Gasteiger partial charge in [-0.05, 0) is 48.5 Å². The van der Waals surface area contributed by atoms with Gasteiger partial charge in [-0.2, -0.15) is 27.4 Å². The van der Waals surface area contributed by atoms with Crippen LogP contribution >= 0.6 is 0 Å². The molecular formula is C24H18N4O8S2. The molecule has 0 saturated carbocycles. The summed E-state index contributed by atoms with van der Waals surface area (Å²) in [6.45, 7) is 0. The molecule has 38 heavy (non-hydrogen) atoms. The molecule has 0 radical (unpaired) electrons. The summed E-state index contributed by atoms with van der Waals surface area (Å²) in [5.74, 6) is 0.878. The van der Waals surface area contributed by atoms with Crippen LogP contribution in [0.2, 0.25) is 0 Å². The summed E-state index contributed by atoms with van der Waals surface area (Å²) >= 11 is 0. The maximum atomic E-state index is 12.4. The second kappa shape index (κ2) is 11.9. The first-order valence-corrected chi connectivity index (χ1v) is 13.2. The number of nitrogens with zero attached hydrogens (tertiary/aromatic N) is 4. The molecule has 0 fully saturated rings. The Kier molecular flexibility index (Phi) is 8.65. The van der Waals surface area contributed by atoms with Crippen LogP contribution in [0.1, 0.15) is 11.1 Å². The van der Waals surface area contributed by atoms with Gasteiger partial charge in [-0.15, -0.1) is 0 Å². The van der Waals surface area contributed by atoms with Gasteiger partial charge in [0.05, 0.1) is 14.2 Å². The highest BCUT2D eigenvalue weighted by Crippen LogP contribution is 2.19. The molecule has 0 aliphatic heterocycles. The number of ether oxygens (including phenoxy) is 2. The fraction of sp³-hybridized carbons (Fsp3) is 0.0833. The van der Waals surface area contributed by atoms with Crippen LogP contribution in [0.15, 0.2) is 92.9 Å². The Morgan fingerprint density at radius 1 is 0.605 bits per heavy atom. The molecule has 0 bridgehead atoms. The Morgan fingerprint density at radius 3 is 1.18 bits per heavy atom. The lowest BCUT2D eigenvalue weighted by atomic mass is 10.1. The van der Waals surface area contributed by atoms with Gasteiger partial charge >= 0.3 is 20.2 Å². The van der Waals surface area contributed by atoms with Gasteiger partial charge in [0.15, 0.2) is 11.4 Å². The van der Waals surface area contributed by atoms with E-state index in [2.05, 4.69) is 18.9 Å². The van der Waals surface area contributed by atoms with Crippen LogP contribution in [-0.4, -0.2) is 42.5 Å². The first-order valence-electron chi connectivity index (χ1n) is 10.4. The zero-order chi connectivity index (χ0) is 27.8. The van der Waals surface area contributed by atoms with E-state index in [1.165, 1.54) is 87.0 Å². The molecular weight excluding hydrogens is 536 g/mol. The third-order valence-electron chi connectivity index (χ3n) is 4.79. The maximum absolute atomic E-state index is 12.4.